The van der Waals surface area contributed by atoms with Gasteiger partial charge >= 0.3 is 5.97 Å². The van der Waals surface area contributed by atoms with Crippen LogP contribution in [0.25, 0.3) is 0 Å². The van der Waals surface area contributed by atoms with Crippen LogP contribution in [0.4, 0.5) is 0 Å². The van der Waals surface area contributed by atoms with Gasteiger partial charge in [0.05, 0.1) is 27.6 Å². The summed E-state index contributed by atoms with van der Waals surface area (Å²) in [5.74, 6) is -0.897. The number of aliphatic carboxylic acids is 1. The fourth-order valence-electron chi connectivity index (χ4n) is 3.13. The first-order valence-corrected chi connectivity index (χ1v) is 6.51. The van der Waals surface area contributed by atoms with Gasteiger partial charge in [0.15, 0.2) is 0 Å². The van der Waals surface area contributed by atoms with Crippen LogP contribution in [-0.4, -0.2) is 53.5 Å². The van der Waals surface area contributed by atoms with Crippen molar-refractivity contribution in [3.05, 3.63) is 0 Å². The Morgan fingerprint density at radius 3 is 2.35 bits per heavy atom. The third kappa shape index (κ3) is 3.96. The second-order valence-electron chi connectivity index (χ2n) is 6.26. The number of hydrogen-bond acceptors (Lipinski definition) is 2. The second kappa shape index (κ2) is 5.36. The predicted octanol–water partition coefficient (Wildman–Crippen LogP) is 1.62. The first kappa shape index (κ1) is 14.5. The van der Waals surface area contributed by atoms with Crippen LogP contribution in [-0.2, 0) is 4.79 Å². The van der Waals surface area contributed by atoms with Crippen molar-refractivity contribution in [3.63, 3.8) is 0 Å². The molecule has 17 heavy (non-hydrogen) atoms. The van der Waals surface area contributed by atoms with Crippen LogP contribution in [0.3, 0.4) is 0 Å². The highest BCUT2D eigenvalue weighted by Gasteiger charge is 2.46. The molecule has 2 N–H and O–H groups in total. The van der Waals surface area contributed by atoms with Crippen molar-refractivity contribution >= 4 is 5.97 Å². The minimum atomic E-state index is -1.05. The van der Waals surface area contributed by atoms with Crippen molar-refractivity contribution in [2.75, 3.05) is 21.1 Å². The molecule has 2 atom stereocenters. The SMILES string of the molecule is C[N+](C)(C)C1CCCCCCC1(O)CC(=O)O. The summed E-state index contributed by atoms with van der Waals surface area (Å²) >= 11 is 0. The van der Waals surface area contributed by atoms with Crippen LogP contribution in [0.1, 0.15) is 44.9 Å². The molecule has 100 valence electrons. The summed E-state index contributed by atoms with van der Waals surface area (Å²) in [5, 5.41) is 19.8. The number of carboxylic acids is 1. The molecule has 0 aromatic carbocycles. The molecule has 0 aromatic rings. The minimum absolute atomic E-state index is 0.0129. The lowest BCUT2D eigenvalue weighted by Gasteiger charge is -2.45. The number of carboxylic acid groups (broad SMARTS) is 1. The second-order valence-corrected chi connectivity index (χ2v) is 6.26. The molecule has 0 aliphatic heterocycles. The highest BCUT2D eigenvalue weighted by molar-refractivity contribution is 5.68. The zero-order chi connectivity index (χ0) is 13.1. The molecule has 1 saturated carbocycles. The third-order valence-corrected chi connectivity index (χ3v) is 3.85. The van der Waals surface area contributed by atoms with Crippen LogP contribution in [0, 0.1) is 0 Å². The van der Waals surface area contributed by atoms with Crippen LogP contribution in [0.2, 0.25) is 0 Å². The van der Waals surface area contributed by atoms with Gasteiger partial charge in [0, 0.05) is 6.42 Å². The van der Waals surface area contributed by atoms with E-state index < -0.39 is 11.6 Å². The van der Waals surface area contributed by atoms with Crippen molar-refractivity contribution in [3.8, 4) is 0 Å². The lowest BCUT2D eigenvalue weighted by Crippen LogP contribution is -2.59. The lowest BCUT2D eigenvalue weighted by atomic mass is 9.79. The van der Waals surface area contributed by atoms with E-state index in [0.29, 0.717) is 10.9 Å². The number of aliphatic hydroxyl groups is 1. The maximum Gasteiger partial charge on any atom is 0.306 e. The first-order valence-electron chi connectivity index (χ1n) is 6.51. The van der Waals surface area contributed by atoms with Gasteiger partial charge in [-0.3, -0.25) is 4.79 Å². The number of quaternary nitrogens is 1. The Labute approximate surface area is 104 Å². The van der Waals surface area contributed by atoms with Gasteiger partial charge in [0.1, 0.15) is 11.6 Å². The lowest BCUT2D eigenvalue weighted by molar-refractivity contribution is -0.904. The number of rotatable bonds is 3. The highest BCUT2D eigenvalue weighted by Crippen LogP contribution is 2.34. The van der Waals surface area contributed by atoms with E-state index in [1.807, 2.05) is 21.1 Å². The first-order chi connectivity index (χ1) is 7.76. The summed E-state index contributed by atoms with van der Waals surface area (Å²) in [6, 6.07) is 0.0129. The Morgan fingerprint density at radius 1 is 1.24 bits per heavy atom. The fraction of sp³-hybridized carbons (Fsp3) is 0.923. The summed E-state index contributed by atoms with van der Waals surface area (Å²) in [4.78, 5) is 11.0. The minimum Gasteiger partial charge on any atom is -0.481 e. The molecule has 4 heteroatoms. The summed E-state index contributed by atoms with van der Waals surface area (Å²) in [7, 11) is 6.12. The van der Waals surface area contributed by atoms with Gasteiger partial charge < -0.3 is 14.7 Å². The largest absolute Gasteiger partial charge is 0.481 e. The molecule has 1 rings (SSSR count). The Morgan fingerprint density at radius 2 is 1.82 bits per heavy atom. The van der Waals surface area contributed by atoms with Gasteiger partial charge in [-0.05, 0) is 12.8 Å². The number of carbonyl (C=O) groups is 1. The third-order valence-electron chi connectivity index (χ3n) is 3.85. The Balaban J connectivity index is 2.93. The topological polar surface area (TPSA) is 57.5 Å². The fourth-order valence-corrected chi connectivity index (χ4v) is 3.13. The van der Waals surface area contributed by atoms with E-state index in [2.05, 4.69) is 0 Å². The Bertz CT molecular complexity index is 272. The maximum absolute atomic E-state index is 11.0. The van der Waals surface area contributed by atoms with Gasteiger partial charge in [-0.1, -0.05) is 19.3 Å². The van der Waals surface area contributed by atoms with Crippen LogP contribution in [0.15, 0.2) is 0 Å². The van der Waals surface area contributed by atoms with E-state index in [0.717, 1.165) is 25.7 Å². The van der Waals surface area contributed by atoms with E-state index >= 15 is 0 Å². The molecule has 1 aliphatic carbocycles. The summed E-state index contributed by atoms with van der Waals surface area (Å²) in [5.41, 5.74) is -1.05. The normalized spacial score (nSPS) is 31.6. The van der Waals surface area contributed by atoms with Crippen molar-refractivity contribution < 1.29 is 19.5 Å². The molecule has 0 spiro atoms. The molecular formula is C13H26NO3+. The summed E-state index contributed by atoms with van der Waals surface area (Å²) in [6.45, 7) is 0. The van der Waals surface area contributed by atoms with Gasteiger partial charge in [0.2, 0.25) is 0 Å². The molecule has 0 radical (unpaired) electrons. The Kier molecular flexibility index (Phi) is 4.55. The average molecular weight is 244 g/mol. The smallest absolute Gasteiger partial charge is 0.306 e. The van der Waals surface area contributed by atoms with E-state index in [1.165, 1.54) is 6.42 Å². The van der Waals surface area contributed by atoms with Crippen LogP contribution >= 0.6 is 0 Å². The predicted molar refractivity (Wildman–Crippen MR) is 66.7 cm³/mol. The van der Waals surface area contributed by atoms with E-state index in [9.17, 15) is 9.90 Å². The molecule has 0 bridgehead atoms. The van der Waals surface area contributed by atoms with Crippen molar-refractivity contribution in [1.82, 2.24) is 0 Å². The highest BCUT2D eigenvalue weighted by atomic mass is 16.4. The van der Waals surface area contributed by atoms with E-state index in [4.69, 9.17) is 5.11 Å². The monoisotopic (exact) mass is 244 g/mol. The van der Waals surface area contributed by atoms with Gasteiger partial charge in [-0.2, -0.15) is 0 Å². The maximum atomic E-state index is 11.0. The molecule has 0 saturated heterocycles. The van der Waals surface area contributed by atoms with Gasteiger partial charge in [0.25, 0.3) is 0 Å². The number of hydrogen-bond donors (Lipinski definition) is 2. The van der Waals surface area contributed by atoms with Gasteiger partial charge in [-0.15, -0.1) is 0 Å². The van der Waals surface area contributed by atoms with Crippen molar-refractivity contribution in [1.29, 1.82) is 0 Å². The van der Waals surface area contributed by atoms with Crippen LogP contribution in [0.5, 0.6) is 0 Å². The molecule has 2 unspecified atom stereocenters. The standard InChI is InChI=1S/C13H25NO3/c1-14(2,3)11-8-6-4-5-7-9-13(11,17)10-12(15)16/h11,17H,4-10H2,1-3H3/p+1. The zero-order valence-electron chi connectivity index (χ0n) is 11.3. The Hall–Kier alpha value is -0.610. The summed E-state index contributed by atoms with van der Waals surface area (Å²) in [6.07, 6.45) is 5.70. The molecule has 0 amide bonds. The number of likely N-dealkylation sites (N-methyl/N-ethyl adjacent to an activating group) is 1. The quantitative estimate of drug-likeness (QED) is 0.742. The molecule has 1 aliphatic rings. The molecular weight excluding hydrogens is 218 g/mol. The van der Waals surface area contributed by atoms with Crippen molar-refractivity contribution in [2.24, 2.45) is 0 Å². The zero-order valence-corrected chi connectivity index (χ0v) is 11.3. The van der Waals surface area contributed by atoms with Gasteiger partial charge in [-0.25, -0.2) is 0 Å². The molecule has 0 aromatic heterocycles. The van der Waals surface area contributed by atoms with E-state index in [-0.39, 0.29) is 12.5 Å². The average Bonchev–Trinajstić information content (AvgIpc) is 2.09. The molecule has 1 fully saturated rings. The summed E-state index contributed by atoms with van der Waals surface area (Å²) < 4.78 is 0.629. The van der Waals surface area contributed by atoms with Crippen molar-refractivity contribution in [2.45, 2.75) is 56.6 Å². The van der Waals surface area contributed by atoms with Crippen LogP contribution < -0.4 is 0 Å². The number of nitrogens with zero attached hydrogens (tertiary/aromatic N) is 1. The van der Waals surface area contributed by atoms with E-state index in [1.54, 1.807) is 0 Å². The molecule has 0 heterocycles. The molecule has 4 nitrogen and oxygen atoms in total.